The normalized spacial score (nSPS) is 11.9. The molecule has 1 nitrogen and oxygen atoms in total. The minimum absolute atomic E-state index is 0. The van der Waals surface area contributed by atoms with Crippen molar-refractivity contribution in [1.29, 1.82) is 0 Å². The van der Waals surface area contributed by atoms with Gasteiger partial charge in [-0.1, -0.05) is 0 Å². The van der Waals surface area contributed by atoms with Crippen LogP contribution in [0, 0.1) is 13.0 Å². The molecule has 0 unspecified atom stereocenters. The van der Waals surface area contributed by atoms with Crippen LogP contribution in [0.3, 0.4) is 0 Å². The van der Waals surface area contributed by atoms with Gasteiger partial charge in [0.25, 0.3) is 0 Å². The van der Waals surface area contributed by atoms with Gasteiger partial charge in [0.1, 0.15) is 0 Å². The molecule has 1 aliphatic rings. The second kappa shape index (κ2) is 11.6. The largest absolute Gasteiger partial charge is 4.00 e. The number of rotatable bonds is 3. The predicted octanol–water partition coefficient (Wildman–Crippen LogP) is -4.54. The molecule has 0 heterocycles. The van der Waals surface area contributed by atoms with Gasteiger partial charge >= 0.3 is 21.7 Å². The van der Waals surface area contributed by atoms with E-state index < -0.39 is 0 Å². The maximum Gasteiger partial charge on any atom is 4.00 e. The molecule has 66 valence electrons. The summed E-state index contributed by atoms with van der Waals surface area (Å²) in [6.45, 7) is 1.94. The Balaban J connectivity index is -0.000000270. The molecule has 0 fully saturated rings. The van der Waals surface area contributed by atoms with E-state index in [0.29, 0.717) is 0 Å². The Morgan fingerprint density at radius 3 is 2.50 bits per heavy atom. The molecule has 0 atom stereocenters. The number of nitrogens with one attached hydrogen (secondary N) is 1. The van der Waals surface area contributed by atoms with Crippen molar-refractivity contribution in [3.8, 4) is 0 Å². The van der Waals surface area contributed by atoms with Gasteiger partial charge in [0.15, 0.2) is 0 Å². The molecule has 0 radical (unpaired) electrons. The zero-order chi connectivity index (χ0) is 6.53. The Morgan fingerprint density at radius 2 is 2.08 bits per heavy atom. The first-order valence-corrected chi connectivity index (χ1v) is 3.13. The van der Waals surface area contributed by atoms with Crippen LogP contribution in [-0.2, 0) is 21.7 Å². The van der Waals surface area contributed by atoms with E-state index in [2.05, 4.69) is 30.0 Å². The van der Waals surface area contributed by atoms with E-state index in [1.807, 2.05) is 13.6 Å². The fourth-order valence-electron chi connectivity index (χ4n) is 0.778. The quantitative estimate of drug-likeness (QED) is 0.387. The topological polar surface area (TPSA) is 12.0 Å². The van der Waals surface area contributed by atoms with Crippen LogP contribution >= 0.6 is 0 Å². The molecule has 0 bridgehead atoms. The third kappa shape index (κ3) is 7.26. The average molecular weight is 240 g/mol. The van der Waals surface area contributed by atoms with E-state index in [0.717, 1.165) is 6.42 Å². The molecule has 1 aliphatic carbocycles. The van der Waals surface area contributed by atoms with Gasteiger partial charge in [-0.15, -0.1) is 12.2 Å². The summed E-state index contributed by atoms with van der Waals surface area (Å²) >= 11 is 0. The molecular weight excluding hydrogens is 229 g/mol. The van der Waals surface area contributed by atoms with Crippen LogP contribution in [0.4, 0.5) is 0 Å². The van der Waals surface area contributed by atoms with Crippen molar-refractivity contribution in [3.63, 3.8) is 0 Å². The first-order chi connectivity index (χ1) is 4.43. The van der Waals surface area contributed by atoms with Crippen LogP contribution in [-0.4, -0.2) is 7.05 Å². The van der Waals surface area contributed by atoms with Crippen LogP contribution in [0.15, 0.2) is 23.8 Å². The van der Waals surface area contributed by atoms with Crippen LogP contribution in [0.2, 0.25) is 0 Å². The van der Waals surface area contributed by atoms with Gasteiger partial charge in [-0.25, -0.2) is 11.6 Å². The summed E-state index contributed by atoms with van der Waals surface area (Å²) in [5.74, 6) is 0. The van der Waals surface area contributed by atoms with Crippen molar-refractivity contribution in [2.24, 2.45) is 0 Å². The average Bonchev–Trinajstić information content (AvgIpc) is 2.34. The third-order valence-electron chi connectivity index (χ3n) is 1.26. The minimum atomic E-state index is 0. The molecule has 0 amide bonds. The summed E-state index contributed by atoms with van der Waals surface area (Å²) in [7, 11) is 1.90. The molecule has 12 heavy (non-hydrogen) atoms. The summed E-state index contributed by atoms with van der Waals surface area (Å²) in [4.78, 5) is 0. The SMILES string of the molecule is CN[CH-][CH-]C1=CC=CC1.[Cl-].[Cl-].[Ti+4]. The van der Waals surface area contributed by atoms with Gasteiger partial charge in [0.2, 0.25) is 0 Å². The van der Waals surface area contributed by atoms with Gasteiger partial charge in [-0.2, -0.15) is 0 Å². The van der Waals surface area contributed by atoms with Crippen LogP contribution in [0.5, 0.6) is 0 Å². The van der Waals surface area contributed by atoms with E-state index in [4.69, 9.17) is 0 Å². The second-order valence-electron chi connectivity index (χ2n) is 2.00. The Kier molecular flexibility index (Phi) is 17.8. The van der Waals surface area contributed by atoms with Gasteiger partial charge in [-0.05, 0) is 13.5 Å². The molecule has 0 saturated heterocycles. The van der Waals surface area contributed by atoms with Gasteiger partial charge in [0.05, 0.1) is 0 Å². The van der Waals surface area contributed by atoms with Gasteiger partial charge < -0.3 is 43.1 Å². The standard InChI is InChI=1S/C8H11N.2ClH.Ti/c1-9-7-6-8-4-2-3-5-8;;;/h2-4,6-7,9H,5H2,1H3;2*1H;/q-2;;;+4/p-2. The predicted molar refractivity (Wildman–Crippen MR) is 39.5 cm³/mol. The molecule has 1 rings (SSSR count). The monoisotopic (exact) mass is 239 g/mol. The molecular formula is C8H11Cl2NTi. The van der Waals surface area contributed by atoms with Crippen molar-refractivity contribution in [2.75, 3.05) is 7.05 Å². The fourth-order valence-corrected chi connectivity index (χ4v) is 0.778. The zero-order valence-corrected chi connectivity index (χ0v) is 9.92. The van der Waals surface area contributed by atoms with E-state index in [9.17, 15) is 0 Å². The van der Waals surface area contributed by atoms with Gasteiger partial charge in [-0.3, -0.25) is 0 Å². The molecule has 0 aliphatic heterocycles. The Hall–Kier alpha value is 0.604. The van der Waals surface area contributed by atoms with E-state index in [1.54, 1.807) is 0 Å². The van der Waals surface area contributed by atoms with Crippen LogP contribution < -0.4 is 30.1 Å². The number of hydrogen-bond donors (Lipinski definition) is 1. The van der Waals surface area contributed by atoms with Crippen LogP contribution in [0.1, 0.15) is 6.42 Å². The third-order valence-corrected chi connectivity index (χ3v) is 1.26. The summed E-state index contributed by atoms with van der Waals surface area (Å²) in [5, 5.41) is 2.95. The summed E-state index contributed by atoms with van der Waals surface area (Å²) < 4.78 is 0. The number of hydrogen-bond acceptors (Lipinski definition) is 1. The van der Waals surface area contributed by atoms with Crippen molar-refractivity contribution in [3.05, 3.63) is 36.8 Å². The molecule has 4 heteroatoms. The molecule has 0 aromatic carbocycles. The number of halogens is 2. The maximum atomic E-state index is 2.95. The first-order valence-electron chi connectivity index (χ1n) is 3.13. The maximum absolute atomic E-state index is 2.95. The zero-order valence-electron chi connectivity index (χ0n) is 6.85. The van der Waals surface area contributed by atoms with Crippen molar-refractivity contribution in [1.82, 2.24) is 5.32 Å². The summed E-state index contributed by atoms with van der Waals surface area (Å²) in [6.07, 6.45) is 9.51. The Bertz CT molecular complexity index is 146. The van der Waals surface area contributed by atoms with E-state index >= 15 is 0 Å². The minimum Gasteiger partial charge on any atom is -1.00 e. The molecule has 0 aromatic heterocycles. The first kappa shape index (κ1) is 18.4. The molecule has 0 spiro atoms. The smallest absolute Gasteiger partial charge is 1.00 e. The second-order valence-corrected chi connectivity index (χ2v) is 2.00. The van der Waals surface area contributed by atoms with E-state index in [1.165, 1.54) is 5.57 Å². The van der Waals surface area contributed by atoms with Crippen LogP contribution in [0.25, 0.3) is 0 Å². The summed E-state index contributed by atoms with van der Waals surface area (Å²) in [6, 6.07) is 0. The molecule has 0 aromatic rings. The Morgan fingerprint density at radius 1 is 1.42 bits per heavy atom. The molecule has 1 N–H and O–H groups in total. The Labute approximate surface area is 102 Å². The molecule has 0 saturated carbocycles. The van der Waals surface area contributed by atoms with Gasteiger partial charge in [0, 0.05) is 0 Å². The van der Waals surface area contributed by atoms with Crippen molar-refractivity contribution in [2.45, 2.75) is 6.42 Å². The van der Waals surface area contributed by atoms with Crippen molar-refractivity contribution < 1.29 is 46.5 Å². The fraction of sp³-hybridized carbons (Fsp3) is 0.250. The number of allylic oxidation sites excluding steroid dienone is 3. The van der Waals surface area contributed by atoms with E-state index in [-0.39, 0.29) is 46.5 Å². The van der Waals surface area contributed by atoms with Crippen molar-refractivity contribution >= 4 is 0 Å². The summed E-state index contributed by atoms with van der Waals surface area (Å²) in [5.41, 5.74) is 1.37.